The molecule has 1 unspecified atom stereocenters. The first kappa shape index (κ1) is 16.2. The Kier molecular flexibility index (Phi) is 4.62. The highest BCUT2D eigenvalue weighted by Gasteiger charge is 2.32. The highest BCUT2D eigenvalue weighted by Crippen LogP contribution is 2.30. The third-order valence-corrected chi connectivity index (χ3v) is 4.55. The van der Waals surface area contributed by atoms with Gasteiger partial charge in [-0.15, -0.1) is 0 Å². The van der Waals surface area contributed by atoms with Gasteiger partial charge >= 0.3 is 0 Å². The van der Waals surface area contributed by atoms with Crippen molar-refractivity contribution < 1.29 is 4.79 Å². The molecule has 0 spiro atoms. The van der Waals surface area contributed by atoms with Crippen LogP contribution in [0.4, 0.5) is 5.69 Å². The second-order valence-electron chi connectivity index (χ2n) is 5.67. The van der Waals surface area contributed by atoms with Crippen LogP contribution in [-0.4, -0.2) is 23.0 Å². The summed E-state index contributed by atoms with van der Waals surface area (Å²) < 4.78 is 0. The monoisotopic (exact) mass is 337 g/mol. The minimum absolute atomic E-state index is 0.130. The van der Waals surface area contributed by atoms with Crippen molar-refractivity contribution in [2.24, 2.45) is 0 Å². The van der Waals surface area contributed by atoms with Gasteiger partial charge in [-0.3, -0.25) is 4.79 Å². The Bertz CT molecular complexity index is 787. The van der Waals surface area contributed by atoms with E-state index in [0.29, 0.717) is 10.7 Å². The molecule has 122 valence electrons. The zero-order valence-electron chi connectivity index (χ0n) is 13.6. The van der Waals surface area contributed by atoms with E-state index >= 15 is 0 Å². The van der Waals surface area contributed by atoms with Crippen LogP contribution in [0.15, 0.2) is 71.9 Å². The van der Waals surface area contributed by atoms with Crippen LogP contribution in [0.25, 0.3) is 0 Å². The minimum Gasteiger partial charge on any atom is -0.351 e. The minimum atomic E-state index is -0.265. The van der Waals surface area contributed by atoms with E-state index in [4.69, 9.17) is 12.2 Å². The van der Waals surface area contributed by atoms with Gasteiger partial charge in [-0.05, 0) is 36.8 Å². The van der Waals surface area contributed by atoms with Gasteiger partial charge in [0.2, 0.25) is 0 Å². The highest BCUT2D eigenvalue weighted by molar-refractivity contribution is 7.80. The molecule has 1 aliphatic heterocycles. The molecule has 1 heterocycles. The number of allylic oxidation sites excluding steroid dienone is 1. The number of carbonyl (C=O) groups is 1. The normalized spacial score (nSPS) is 17.5. The van der Waals surface area contributed by atoms with Crippen molar-refractivity contribution in [3.8, 4) is 0 Å². The lowest BCUT2D eigenvalue weighted by Crippen LogP contribution is -2.46. The molecule has 3 rings (SSSR count). The summed E-state index contributed by atoms with van der Waals surface area (Å²) in [6.07, 6.45) is 0. The maximum atomic E-state index is 12.9. The van der Waals surface area contributed by atoms with Gasteiger partial charge in [0.1, 0.15) is 0 Å². The van der Waals surface area contributed by atoms with Gasteiger partial charge in [0.15, 0.2) is 5.11 Å². The Morgan fingerprint density at radius 2 is 1.67 bits per heavy atom. The fraction of sp³-hybridized carbons (Fsp3) is 0.158. The van der Waals surface area contributed by atoms with E-state index < -0.39 is 0 Å². The van der Waals surface area contributed by atoms with E-state index in [1.807, 2.05) is 79.5 Å². The van der Waals surface area contributed by atoms with E-state index in [1.165, 1.54) is 0 Å². The van der Waals surface area contributed by atoms with E-state index in [2.05, 4.69) is 10.6 Å². The molecule has 1 atom stereocenters. The third-order valence-electron chi connectivity index (χ3n) is 4.16. The van der Waals surface area contributed by atoms with E-state index in [-0.39, 0.29) is 11.9 Å². The molecule has 0 saturated heterocycles. The summed E-state index contributed by atoms with van der Waals surface area (Å²) in [6, 6.07) is 19.0. The van der Waals surface area contributed by atoms with Crippen LogP contribution >= 0.6 is 12.2 Å². The molecule has 2 aromatic rings. The first-order valence-electron chi connectivity index (χ1n) is 7.74. The van der Waals surface area contributed by atoms with Crippen LogP contribution in [0.5, 0.6) is 0 Å². The standard InChI is InChI=1S/C19H19N3OS/c1-13-16(18(23)20-15-11-7-4-8-12-15)17(21-19(24)22(13)2)14-9-5-3-6-10-14/h3-12,17H,1-2H3,(H,20,23)(H,21,24). The van der Waals surface area contributed by atoms with E-state index in [1.54, 1.807) is 0 Å². The Balaban J connectivity index is 1.99. The molecule has 4 nitrogen and oxygen atoms in total. The number of rotatable bonds is 3. The van der Waals surface area contributed by atoms with Crippen molar-refractivity contribution >= 4 is 28.9 Å². The molecule has 5 heteroatoms. The lowest BCUT2D eigenvalue weighted by Gasteiger charge is -2.35. The van der Waals surface area contributed by atoms with Crippen molar-refractivity contribution in [2.45, 2.75) is 13.0 Å². The number of para-hydroxylation sites is 1. The number of hydrogen-bond donors (Lipinski definition) is 2. The molecule has 0 bridgehead atoms. The maximum absolute atomic E-state index is 12.9. The Morgan fingerprint density at radius 1 is 1.08 bits per heavy atom. The van der Waals surface area contributed by atoms with Gasteiger partial charge in [0.25, 0.3) is 5.91 Å². The van der Waals surface area contributed by atoms with Gasteiger partial charge in [0, 0.05) is 18.4 Å². The van der Waals surface area contributed by atoms with Crippen LogP contribution in [0, 0.1) is 0 Å². The van der Waals surface area contributed by atoms with Crippen LogP contribution in [0.1, 0.15) is 18.5 Å². The van der Waals surface area contributed by atoms with Crippen LogP contribution in [0.3, 0.4) is 0 Å². The maximum Gasteiger partial charge on any atom is 0.255 e. The molecule has 2 N–H and O–H groups in total. The average molecular weight is 337 g/mol. The van der Waals surface area contributed by atoms with Gasteiger partial charge in [-0.1, -0.05) is 48.5 Å². The van der Waals surface area contributed by atoms with Crippen molar-refractivity contribution in [1.29, 1.82) is 0 Å². The fourth-order valence-corrected chi connectivity index (χ4v) is 3.00. The van der Waals surface area contributed by atoms with Crippen LogP contribution in [-0.2, 0) is 4.79 Å². The number of nitrogens with zero attached hydrogens (tertiary/aromatic N) is 1. The van der Waals surface area contributed by atoms with Gasteiger partial charge in [-0.25, -0.2) is 0 Å². The lowest BCUT2D eigenvalue weighted by atomic mass is 9.94. The predicted molar refractivity (Wildman–Crippen MR) is 100 cm³/mol. The van der Waals surface area contributed by atoms with Crippen molar-refractivity contribution in [3.05, 3.63) is 77.5 Å². The third kappa shape index (κ3) is 3.16. The highest BCUT2D eigenvalue weighted by atomic mass is 32.1. The molecule has 0 aromatic heterocycles. The second kappa shape index (κ2) is 6.84. The first-order chi connectivity index (χ1) is 11.6. The molecule has 24 heavy (non-hydrogen) atoms. The lowest BCUT2D eigenvalue weighted by molar-refractivity contribution is -0.113. The smallest absolute Gasteiger partial charge is 0.255 e. The zero-order valence-corrected chi connectivity index (χ0v) is 14.4. The SMILES string of the molecule is CC1=C(C(=O)Nc2ccccc2)C(c2ccccc2)NC(=S)N1C. The Hall–Kier alpha value is -2.66. The molecular weight excluding hydrogens is 318 g/mol. The second-order valence-corrected chi connectivity index (χ2v) is 6.06. The van der Waals surface area contributed by atoms with Gasteiger partial charge in [0.05, 0.1) is 11.6 Å². The molecule has 1 amide bonds. The quantitative estimate of drug-likeness (QED) is 0.842. The average Bonchev–Trinajstić information content (AvgIpc) is 2.61. The summed E-state index contributed by atoms with van der Waals surface area (Å²) in [5.74, 6) is -0.130. The van der Waals surface area contributed by atoms with Gasteiger partial charge < -0.3 is 15.5 Å². The van der Waals surface area contributed by atoms with Crippen molar-refractivity contribution in [3.63, 3.8) is 0 Å². The van der Waals surface area contributed by atoms with E-state index in [9.17, 15) is 4.79 Å². The summed E-state index contributed by atoms with van der Waals surface area (Å²) in [5, 5.41) is 6.85. The number of amides is 1. The number of nitrogens with one attached hydrogen (secondary N) is 2. The molecular formula is C19H19N3OS. The number of benzene rings is 2. The van der Waals surface area contributed by atoms with Crippen molar-refractivity contribution in [1.82, 2.24) is 10.2 Å². The Labute approximate surface area is 147 Å². The van der Waals surface area contributed by atoms with Crippen molar-refractivity contribution in [2.75, 3.05) is 12.4 Å². The Morgan fingerprint density at radius 3 is 2.29 bits per heavy atom. The summed E-state index contributed by atoms with van der Waals surface area (Å²) in [7, 11) is 1.86. The topological polar surface area (TPSA) is 44.4 Å². The number of carbonyl (C=O) groups excluding carboxylic acids is 1. The van der Waals surface area contributed by atoms with Gasteiger partial charge in [-0.2, -0.15) is 0 Å². The molecule has 0 saturated carbocycles. The number of thiocarbonyl (C=S) groups is 1. The molecule has 2 aromatic carbocycles. The summed E-state index contributed by atoms with van der Waals surface area (Å²) in [4.78, 5) is 14.8. The largest absolute Gasteiger partial charge is 0.351 e. The first-order valence-corrected chi connectivity index (χ1v) is 8.15. The van der Waals surface area contributed by atoms with Crippen LogP contribution < -0.4 is 10.6 Å². The molecule has 0 radical (unpaired) electrons. The summed E-state index contributed by atoms with van der Waals surface area (Å²) in [6.45, 7) is 1.92. The number of anilines is 1. The number of hydrogen-bond acceptors (Lipinski definition) is 2. The zero-order chi connectivity index (χ0) is 17.1. The molecule has 1 aliphatic rings. The predicted octanol–water partition coefficient (Wildman–Crippen LogP) is 3.46. The van der Waals surface area contributed by atoms with Crippen LogP contribution in [0.2, 0.25) is 0 Å². The summed E-state index contributed by atoms with van der Waals surface area (Å²) in [5.41, 5.74) is 3.29. The van der Waals surface area contributed by atoms with E-state index in [0.717, 1.165) is 16.9 Å². The summed E-state index contributed by atoms with van der Waals surface area (Å²) >= 11 is 5.40. The molecule has 0 aliphatic carbocycles. The molecule has 0 fully saturated rings. The fourth-order valence-electron chi connectivity index (χ4n) is 2.75.